The maximum absolute atomic E-state index is 5.46. The normalized spacial score (nSPS) is 18.7. The van der Waals surface area contributed by atoms with Crippen molar-refractivity contribution in [3.05, 3.63) is 42.2 Å². The molecule has 1 aromatic carbocycles. The lowest BCUT2D eigenvalue weighted by atomic mass is 10.0. The number of nitrogens with zero attached hydrogens (tertiary/aromatic N) is 3. The first-order valence-electron chi connectivity index (χ1n) is 10.9. The molecule has 0 saturated carbocycles. The van der Waals surface area contributed by atoms with Gasteiger partial charge in [-0.15, -0.1) is 0 Å². The van der Waals surface area contributed by atoms with Crippen molar-refractivity contribution < 1.29 is 9.47 Å². The van der Waals surface area contributed by atoms with Crippen LogP contribution in [-0.4, -0.2) is 65.9 Å². The highest BCUT2D eigenvalue weighted by atomic mass is 16.5. The predicted octanol–water partition coefficient (Wildman–Crippen LogP) is 3.30. The van der Waals surface area contributed by atoms with E-state index in [0.29, 0.717) is 5.92 Å². The molecule has 0 radical (unpaired) electrons. The molecule has 2 saturated heterocycles. The van der Waals surface area contributed by atoms with Gasteiger partial charge < -0.3 is 19.8 Å². The number of H-pyrrole nitrogens is 1. The Balaban J connectivity index is 1.29. The van der Waals surface area contributed by atoms with Crippen molar-refractivity contribution in [2.24, 2.45) is 5.92 Å². The lowest BCUT2D eigenvalue weighted by Gasteiger charge is -2.26. The Labute approximate surface area is 176 Å². The van der Waals surface area contributed by atoms with E-state index in [1.165, 1.54) is 5.56 Å². The molecular formula is C23H29N5O2. The van der Waals surface area contributed by atoms with Gasteiger partial charge in [0.2, 0.25) is 0 Å². The average molecular weight is 408 g/mol. The van der Waals surface area contributed by atoms with Gasteiger partial charge in [-0.1, -0.05) is 24.3 Å². The highest BCUT2D eigenvalue weighted by Crippen LogP contribution is 2.27. The molecule has 2 aromatic heterocycles. The number of ether oxygens (including phenoxy) is 2. The van der Waals surface area contributed by atoms with Crippen LogP contribution in [0.3, 0.4) is 0 Å². The molecule has 0 unspecified atom stereocenters. The number of rotatable bonds is 6. The number of hydrogen-bond acceptors (Lipinski definition) is 6. The summed E-state index contributed by atoms with van der Waals surface area (Å²) < 4.78 is 10.9. The molecule has 0 spiro atoms. The number of benzene rings is 1. The number of aromatic nitrogens is 3. The van der Waals surface area contributed by atoms with Crippen LogP contribution in [0.5, 0.6) is 0 Å². The molecule has 158 valence electrons. The van der Waals surface area contributed by atoms with Crippen LogP contribution in [0.4, 0.5) is 5.82 Å². The second-order valence-electron chi connectivity index (χ2n) is 8.19. The van der Waals surface area contributed by atoms with E-state index in [-0.39, 0.29) is 0 Å². The van der Waals surface area contributed by atoms with E-state index in [9.17, 15) is 0 Å². The minimum Gasteiger partial charge on any atom is -0.381 e. The van der Waals surface area contributed by atoms with Crippen molar-refractivity contribution in [2.45, 2.75) is 19.4 Å². The summed E-state index contributed by atoms with van der Waals surface area (Å²) in [6.45, 7) is 7.30. The molecule has 2 N–H and O–H groups in total. The third kappa shape index (κ3) is 4.48. The molecule has 4 heterocycles. The summed E-state index contributed by atoms with van der Waals surface area (Å²) in [5.74, 6) is 1.54. The van der Waals surface area contributed by atoms with Crippen LogP contribution in [-0.2, 0) is 16.0 Å². The third-order valence-corrected chi connectivity index (χ3v) is 6.10. The topological polar surface area (TPSA) is 75.3 Å². The second kappa shape index (κ2) is 9.12. The number of morpholine rings is 1. The number of aromatic amines is 1. The van der Waals surface area contributed by atoms with Gasteiger partial charge in [-0.2, -0.15) is 0 Å². The summed E-state index contributed by atoms with van der Waals surface area (Å²) >= 11 is 0. The Morgan fingerprint density at radius 2 is 1.77 bits per heavy atom. The summed E-state index contributed by atoms with van der Waals surface area (Å²) in [5, 5.41) is 4.57. The highest BCUT2D eigenvalue weighted by Gasteiger charge is 2.16. The Kier molecular flexibility index (Phi) is 5.92. The van der Waals surface area contributed by atoms with E-state index >= 15 is 0 Å². The zero-order valence-corrected chi connectivity index (χ0v) is 17.3. The molecule has 0 aliphatic carbocycles. The smallest absolute Gasteiger partial charge is 0.143 e. The van der Waals surface area contributed by atoms with Crippen LogP contribution in [0.2, 0.25) is 0 Å². The van der Waals surface area contributed by atoms with Gasteiger partial charge in [0.25, 0.3) is 0 Å². The maximum Gasteiger partial charge on any atom is 0.143 e. The Morgan fingerprint density at radius 3 is 2.57 bits per heavy atom. The summed E-state index contributed by atoms with van der Waals surface area (Å²) in [4.78, 5) is 14.8. The SMILES string of the molecule is c1nc(NCC2CCOCC2)c2cc(-c3ccc(CN4CCOCC4)cc3)[nH]c2n1. The molecule has 2 aliphatic heterocycles. The van der Waals surface area contributed by atoms with Gasteiger partial charge in [-0.05, 0) is 36.0 Å². The van der Waals surface area contributed by atoms with Gasteiger partial charge >= 0.3 is 0 Å². The lowest BCUT2D eigenvalue weighted by molar-refractivity contribution is 0.0342. The number of anilines is 1. The predicted molar refractivity (Wildman–Crippen MR) is 117 cm³/mol. The van der Waals surface area contributed by atoms with Crippen LogP contribution < -0.4 is 5.32 Å². The molecule has 2 aliphatic rings. The summed E-state index contributed by atoms with van der Waals surface area (Å²) in [6, 6.07) is 10.9. The lowest BCUT2D eigenvalue weighted by Crippen LogP contribution is -2.35. The average Bonchev–Trinajstić information content (AvgIpc) is 3.25. The zero-order valence-electron chi connectivity index (χ0n) is 17.3. The zero-order chi connectivity index (χ0) is 20.2. The molecule has 5 rings (SSSR count). The van der Waals surface area contributed by atoms with E-state index in [2.05, 4.69) is 55.5 Å². The third-order valence-electron chi connectivity index (χ3n) is 6.10. The van der Waals surface area contributed by atoms with Crippen molar-refractivity contribution in [1.29, 1.82) is 0 Å². The Morgan fingerprint density at radius 1 is 1.00 bits per heavy atom. The first-order valence-corrected chi connectivity index (χ1v) is 10.9. The molecule has 7 nitrogen and oxygen atoms in total. The molecule has 30 heavy (non-hydrogen) atoms. The molecule has 0 bridgehead atoms. The van der Waals surface area contributed by atoms with E-state index in [1.54, 1.807) is 6.33 Å². The Bertz CT molecular complexity index is 959. The fourth-order valence-electron chi connectivity index (χ4n) is 4.23. The standard InChI is InChI=1S/C23H29N5O2/c1-3-19(4-2-18(1)15-28-7-11-30-12-8-28)21-13-20-22(25-16-26-23(20)27-21)24-14-17-5-9-29-10-6-17/h1-4,13,16-17H,5-12,14-15H2,(H2,24,25,26,27). The van der Waals surface area contributed by atoms with Gasteiger partial charge in [0.05, 0.1) is 18.6 Å². The first-order chi connectivity index (χ1) is 14.8. The van der Waals surface area contributed by atoms with Crippen molar-refractivity contribution in [1.82, 2.24) is 19.9 Å². The fraction of sp³-hybridized carbons (Fsp3) is 0.478. The maximum atomic E-state index is 5.46. The van der Waals surface area contributed by atoms with Gasteiger partial charge in [0, 0.05) is 45.1 Å². The number of hydrogen-bond donors (Lipinski definition) is 2. The van der Waals surface area contributed by atoms with Gasteiger partial charge in [-0.25, -0.2) is 9.97 Å². The number of fused-ring (bicyclic) bond motifs is 1. The van der Waals surface area contributed by atoms with Crippen LogP contribution >= 0.6 is 0 Å². The van der Waals surface area contributed by atoms with Crippen molar-refractivity contribution in [3.63, 3.8) is 0 Å². The quantitative estimate of drug-likeness (QED) is 0.653. The molecule has 7 heteroatoms. The monoisotopic (exact) mass is 407 g/mol. The minimum atomic E-state index is 0.640. The van der Waals surface area contributed by atoms with Crippen LogP contribution in [0.1, 0.15) is 18.4 Å². The highest BCUT2D eigenvalue weighted by molar-refractivity contribution is 5.91. The molecular weight excluding hydrogens is 378 g/mol. The largest absolute Gasteiger partial charge is 0.381 e. The van der Waals surface area contributed by atoms with Crippen LogP contribution in [0.25, 0.3) is 22.3 Å². The second-order valence-corrected chi connectivity index (χ2v) is 8.19. The Hall–Kier alpha value is -2.48. The molecule has 3 aromatic rings. The van der Waals surface area contributed by atoms with Crippen molar-refractivity contribution >= 4 is 16.9 Å². The van der Waals surface area contributed by atoms with Crippen molar-refractivity contribution in [3.8, 4) is 11.3 Å². The van der Waals surface area contributed by atoms with E-state index in [1.807, 2.05) is 0 Å². The summed E-state index contributed by atoms with van der Waals surface area (Å²) in [7, 11) is 0. The fourth-order valence-corrected chi connectivity index (χ4v) is 4.23. The van der Waals surface area contributed by atoms with Gasteiger partial charge in [0.15, 0.2) is 0 Å². The van der Waals surface area contributed by atoms with Crippen LogP contribution in [0.15, 0.2) is 36.7 Å². The van der Waals surface area contributed by atoms with Crippen molar-refractivity contribution in [2.75, 3.05) is 51.4 Å². The van der Waals surface area contributed by atoms with E-state index in [0.717, 1.165) is 93.6 Å². The van der Waals surface area contributed by atoms with Crippen LogP contribution in [0, 0.1) is 5.92 Å². The van der Waals surface area contributed by atoms with Gasteiger partial charge in [0.1, 0.15) is 17.8 Å². The molecule has 2 fully saturated rings. The first kappa shape index (κ1) is 19.5. The summed E-state index contributed by atoms with van der Waals surface area (Å²) in [6.07, 6.45) is 3.84. The summed E-state index contributed by atoms with van der Waals surface area (Å²) in [5.41, 5.74) is 4.42. The van der Waals surface area contributed by atoms with E-state index in [4.69, 9.17) is 9.47 Å². The minimum absolute atomic E-state index is 0.640. The van der Waals surface area contributed by atoms with Gasteiger partial charge in [-0.3, -0.25) is 4.90 Å². The molecule has 0 amide bonds. The number of nitrogens with one attached hydrogen (secondary N) is 2. The molecule has 0 atom stereocenters. The van der Waals surface area contributed by atoms with E-state index < -0.39 is 0 Å².